The normalized spacial score (nSPS) is 45.9. The minimum atomic E-state index is -2.43. The molecule has 3 aromatic rings. The minimum absolute atomic E-state index is 0.929. The molecule has 2 heterocycles. The summed E-state index contributed by atoms with van der Waals surface area (Å²) >= 11 is 0. The second kappa shape index (κ2) is 4.08. The summed E-state index contributed by atoms with van der Waals surface area (Å²) in [7, 11) is 0. The number of rotatable bonds is 3. The molecule has 4 aliphatic carbocycles. The molecule has 0 radical (unpaired) electrons. The molecular formula is C26H23P. The van der Waals surface area contributed by atoms with Crippen LogP contribution in [0.15, 0.2) is 91.0 Å². The summed E-state index contributed by atoms with van der Waals surface area (Å²) in [5.41, 5.74) is 1.86. The first-order valence-electron chi connectivity index (χ1n) is 10.6. The van der Waals surface area contributed by atoms with Crippen molar-refractivity contribution >= 4 is 22.5 Å². The third-order valence-electron chi connectivity index (χ3n) is 9.86. The molecule has 2 bridgehead atoms. The van der Waals surface area contributed by atoms with Crippen LogP contribution in [0, 0.1) is 35.5 Å². The van der Waals surface area contributed by atoms with E-state index in [1.54, 1.807) is 15.9 Å². The van der Waals surface area contributed by atoms with Gasteiger partial charge >= 0.3 is 160 Å². The molecule has 6 aliphatic rings. The van der Waals surface area contributed by atoms with Crippen molar-refractivity contribution < 1.29 is 0 Å². The van der Waals surface area contributed by atoms with Crippen LogP contribution in [0.2, 0.25) is 0 Å². The molecule has 4 atom stereocenters. The molecule has 0 amide bonds. The van der Waals surface area contributed by atoms with E-state index >= 15 is 0 Å². The van der Waals surface area contributed by atoms with E-state index in [0.717, 1.165) is 46.8 Å². The van der Waals surface area contributed by atoms with Crippen LogP contribution in [-0.4, -0.2) is 11.3 Å². The quantitative estimate of drug-likeness (QED) is 0.614. The van der Waals surface area contributed by atoms with Crippen LogP contribution in [0.4, 0.5) is 0 Å². The van der Waals surface area contributed by atoms with Gasteiger partial charge in [0.1, 0.15) is 0 Å². The van der Waals surface area contributed by atoms with Crippen molar-refractivity contribution in [2.24, 2.45) is 35.5 Å². The fraction of sp³-hybridized carbons (Fsp3) is 0.308. The fourth-order valence-electron chi connectivity index (χ4n) is 9.68. The van der Waals surface area contributed by atoms with Crippen LogP contribution in [0.5, 0.6) is 0 Å². The molecule has 3 aromatic carbocycles. The van der Waals surface area contributed by atoms with Gasteiger partial charge in [-0.3, -0.25) is 0 Å². The monoisotopic (exact) mass is 366 g/mol. The predicted molar refractivity (Wildman–Crippen MR) is 114 cm³/mol. The first-order valence-corrected chi connectivity index (χ1v) is 13.0. The van der Waals surface area contributed by atoms with Crippen LogP contribution in [0.3, 0.4) is 0 Å². The molecule has 2 aliphatic heterocycles. The molecule has 0 N–H and O–H groups in total. The summed E-state index contributed by atoms with van der Waals surface area (Å²) in [5.74, 6) is 6.37. The predicted octanol–water partition coefficient (Wildman–Crippen LogP) is 4.02. The van der Waals surface area contributed by atoms with Gasteiger partial charge in [-0.1, -0.05) is 0 Å². The van der Waals surface area contributed by atoms with Crippen LogP contribution < -0.4 is 15.9 Å². The summed E-state index contributed by atoms with van der Waals surface area (Å²) in [5, 5.41) is 5.07. The van der Waals surface area contributed by atoms with Crippen molar-refractivity contribution in [2.75, 3.05) is 0 Å². The van der Waals surface area contributed by atoms with Gasteiger partial charge in [0.05, 0.1) is 0 Å². The molecule has 2 saturated heterocycles. The van der Waals surface area contributed by atoms with Gasteiger partial charge in [0, 0.05) is 0 Å². The average Bonchev–Trinajstić information content (AvgIpc) is 2.90. The Hall–Kier alpha value is -1.91. The van der Waals surface area contributed by atoms with E-state index in [1.807, 2.05) is 0 Å². The summed E-state index contributed by atoms with van der Waals surface area (Å²) in [6.45, 7) is -2.43. The van der Waals surface area contributed by atoms with E-state index in [1.165, 1.54) is 0 Å². The Morgan fingerprint density at radius 2 is 0.667 bits per heavy atom. The van der Waals surface area contributed by atoms with Crippen molar-refractivity contribution in [1.29, 1.82) is 0 Å². The van der Waals surface area contributed by atoms with Crippen molar-refractivity contribution in [3.05, 3.63) is 91.0 Å². The Bertz CT molecular complexity index is 939. The second-order valence-electron chi connectivity index (χ2n) is 9.71. The second-order valence-corrected chi connectivity index (χ2v) is 15.0. The summed E-state index contributed by atoms with van der Waals surface area (Å²) in [4.78, 5) is 0. The molecule has 4 saturated carbocycles. The maximum absolute atomic E-state index is 2.50. The van der Waals surface area contributed by atoms with E-state index < -0.39 is 6.60 Å². The van der Waals surface area contributed by atoms with Crippen LogP contribution >= 0.6 is 6.60 Å². The Kier molecular flexibility index (Phi) is 2.14. The van der Waals surface area contributed by atoms with Gasteiger partial charge in [-0.25, -0.2) is 0 Å². The third kappa shape index (κ3) is 1.04. The molecule has 0 nitrogen and oxygen atoms in total. The van der Waals surface area contributed by atoms with E-state index in [-0.39, 0.29) is 0 Å². The van der Waals surface area contributed by atoms with Gasteiger partial charge in [0.15, 0.2) is 0 Å². The van der Waals surface area contributed by atoms with Gasteiger partial charge in [-0.15, -0.1) is 0 Å². The standard InChI is InChI=1S/C26H23P/c1-4-10-16(11-5-1)27(17-12-6-2-7-13-17,18-14-8-3-9-15-18)25-21-19-20-23(21)26(27)24(20)22(19)25/h1-15,19-26H. The fourth-order valence-corrected chi connectivity index (χ4v) is 19.9. The van der Waals surface area contributed by atoms with Gasteiger partial charge in [-0.2, -0.15) is 0 Å². The molecule has 0 spiro atoms. The van der Waals surface area contributed by atoms with Gasteiger partial charge in [-0.05, 0) is 0 Å². The number of hydrogen-bond donors (Lipinski definition) is 0. The maximum atomic E-state index is 2.50. The van der Waals surface area contributed by atoms with E-state index in [4.69, 9.17) is 0 Å². The van der Waals surface area contributed by atoms with E-state index in [2.05, 4.69) is 91.0 Å². The number of hydrogen-bond acceptors (Lipinski definition) is 0. The first-order chi connectivity index (χ1) is 13.4. The van der Waals surface area contributed by atoms with Crippen molar-refractivity contribution in [1.82, 2.24) is 0 Å². The van der Waals surface area contributed by atoms with Crippen molar-refractivity contribution in [3.63, 3.8) is 0 Å². The molecule has 27 heavy (non-hydrogen) atoms. The summed E-state index contributed by atoms with van der Waals surface area (Å²) in [6, 6.07) is 35.5. The SMILES string of the molecule is c1ccc(P2(c3ccccc3)(c3ccccc3)C3C4C5C6C4C2C6C53)cc1. The van der Waals surface area contributed by atoms with E-state index in [9.17, 15) is 0 Å². The third-order valence-corrected chi connectivity index (χ3v) is 18.0. The topological polar surface area (TPSA) is 0 Å². The van der Waals surface area contributed by atoms with Gasteiger partial charge in [0.25, 0.3) is 0 Å². The molecule has 9 rings (SSSR count). The summed E-state index contributed by atoms with van der Waals surface area (Å²) < 4.78 is 0. The Morgan fingerprint density at radius 3 is 0.963 bits per heavy atom. The van der Waals surface area contributed by atoms with Crippen molar-refractivity contribution in [2.45, 2.75) is 11.3 Å². The first kappa shape index (κ1) is 14.1. The van der Waals surface area contributed by atoms with E-state index in [0.29, 0.717) is 0 Å². The molecule has 6 fully saturated rings. The zero-order valence-electron chi connectivity index (χ0n) is 15.2. The Morgan fingerprint density at radius 1 is 0.370 bits per heavy atom. The molecule has 132 valence electrons. The molecule has 0 aromatic heterocycles. The van der Waals surface area contributed by atoms with Gasteiger partial charge in [0.2, 0.25) is 0 Å². The van der Waals surface area contributed by atoms with Crippen LogP contribution in [0.25, 0.3) is 0 Å². The zero-order valence-corrected chi connectivity index (χ0v) is 16.1. The zero-order chi connectivity index (χ0) is 17.4. The molecule has 4 unspecified atom stereocenters. The summed E-state index contributed by atoms with van der Waals surface area (Å²) in [6.07, 6.45) is 0. The Balaban J connectivity index is 1.59. The molecule has 1 heteroatoms. The molecular weight excluding hydrogens is 343 g/mol. The van der Waals surface area contributed by atoms with Crippen molar-refractivity contribution in [3.8, 4) is 0 Å². The van der Waals surface area contributed by atoms with Crippen LogP contribution in [-0.2, 0) is 0 Å². The Labute approximate surface area is 160 Å². The van der Waals surface area contributed by atoms with Crippen LogP contribution in [0.1, 0.15) is 0 Å². The average molecular weight is 366 g/mol. The number of benzene rings is 3. The van der Waals surface area contributed by atoms with Gasteiger partial charge < -0.3 is 0 Å².